The number of halogens is 1. The Morgan fingerprint density at radius 3 is 2.61 bits per heavy atom. The molecule has 1 aromatic heterocycles. The van der Waals surface area contributed by atoms with E-state index in [0.29, 0.717) is 10.9 Å². The first-order valence-corrected chi connectivity index (χ1v) is 6.31. The Morgan fingerprint density at radius 1 is 1.33 bits per heavy atom. The van der Waals surface area contributed by atoms with Crippen molar-refractivity contribution >= 4 is 28.3 Å². The summed E-state index contributed by atoms with van der Waals surface area (Å²) in [5, 5.41) is 4.71. The maximum Gasteiger partial charge on any atom is 0.129 e. The average Bonchev–Trinajstić information content (AvgIpc) is 2.38. The highest BCUT2D eigenvalue weighted by Gasteiger charge is 2.13. The molecule has 0 unspecified atom stereocenters. The minimum Gasteiger partial charge on any atom is -0.496 e. The van der Waals surface area contributed by atoms with Gasteiger partial charge in [0.05, 0.1) is 17.6 Å². The van der Waals surface area contributed by atoms with Gasteiger partial charge < -0.3 is 10.1 Å². The Kier molecular flexibility index (Phi) is 3.62. The van der Waals surface area contributed by atoms with Crippen molar-refractivity contribution in [3.63, 3.8) is 0 Å². The molecule has 0 atom stereocenters. The molecule has 0 aliphatic carbocycles. The average molecular weight is 265 g/mol. The maximum atomic E-state index is 6.20. The number of rotatable bonds is 3. The van der Waals surface area contributed by atoms with Crippen LogP contribution in [0.2, 0.25) is 5.02 Å². The summed E-state index contributed by atoms with van der Waals surface area (Å²) in [6.07, 6.45) is 0. The first-order chi connectivity index (χ1) is 8.58. The Bertz CT molecular complexity index is 582. The number of benzene rings is 1. The molecule has 0 aliphatic heterocycles. The van der Waals surface area contributed by atoms with Crippen LogP contribution in [0.3, 0.4) is 0 Å². The number of methoxy groups -OCH3 is 1. The fourth-order valence-corrected chi connectivity index (χ4v) is 2.24. The minimum absolute atomic E-state index is 0.382. The summed E-state index contributed by atoms with van der Waals surface area (Å²) < 4.78 is 5.37. The lowest BCUT2D eigenvalue weighted by Crippen LogP contribution is -2.01. The van der Waals surface area contributed by atoms with Gasteiger partial charge in [-0.05, 0) is 29.7 Å². The molecule has 0 aliphatic rings. The summed E-state index contributed by atoms with van der Waals surface area (Å²) in [5.41, 5.74) is 1.93. The van der Waals surface area contributed by atoms with Crippen molar-refractivity contribution in [1.82, 2.24) is 4.98 Å². The number of nitrogens with zero attached hydrogens (tertiary/aromatic N) is 1. The van der Waals surface area contributed by atoms with Crippen molar-refractivity contribution in [2.45, 2.75) is 19.8 Å². The van der Waals surface area contributed by atoms with Gasteiger partial charge in [0.15, 0.2) is 0 Å². The van der Waals surface area contributed by atoms with E-state index in [9.17, 15) is 0 Å². The topological polar surface area (TPSA) is 34.2 Å². The standard InChI is InChI=1S/C14H17ClN2O/c1-8(2)9-7-10-12(18-4)6-5-11(15)13(10)17-14(9)16-3/h5-8H,1-4H3,(H,16,17). The second-order valence-corrected chi connectivity index (χ2v) is 4.88. The molecule has 0 fully saturated rings. The molecule has 3 nitrogen and oxygen atoms in total. The predicted molar refractivity (Wildman–Crippen MR) is 76.9 cm³/mol. The summed E-state index contributed by atoms with van der Waals surface area (Å²) in [6, 6.07) is 5.78. The van der Waals surface area contributed by atoms with Crippen molar-refractivity contribution in [2.75, 3.05) is 19.5 Å². The molecule has 0 saturated heterocycles. The zero-order chi connectivity index (χ0) is 13.3. The van der Waals surface area contributed by atoms with Gasteiger partial charge in [-0.15, -0.1) is 0 Å². The molecule has 0 saturated carbocycles. The lowest BCUT2D eigenvalue weighted by molar-refractivity contribution is 0.419. The molecule has 1 heterocycles. The SMILES string of the molecule is CNc1nc2c(Cl)ccc(OC)c2cc1C(C)C. The summed E-state index contributed by atoms with van der Waals surface area (Å²) >= 11 is 6.20. The highest BCUT2D eigenvalue weighted by Crippen LogP contribution is 2.35. The Morgan fingerprint density at radius 2 is 2.06 bits per heavy atom. The number of hydrogen-bond donors (Lipinski definition) is 1. The van der Waals surface area contributed by atoms with Gasteiger partial charge in [0.1, 0.15) is 11.6 Å². The van der Waals surface area contributed by atoms with Gasteiger partial charge in [-0.3, -0.25) is 0 Å². The number of pyridine rings is 1. The van der Waals surface area contributed by atoms with Gasteiger partial charge in [-0.1, -0.05) is 25.4 Å². The van der Waals surface area contributed by atoms with Crippen molar-refractivity contribution < 1.29 is 4.74 Å². The van der Waals surface area contributed by atoms with Crippen LogP contribution in [-0.4, -0.2) is 19.1 Å². The number of hydrogen-bond acceptors (Lipinski definition) is 3. The van der Waals surface area contributed by atoms with E-state index in [2.05, 4.69) is 30.2 Å². The number of ether oxygens (including phenoxy) is 1. The molecular formula is C14H17ClN2O. The van der Waals surface area contributed by atoms with Gasteiger partial charge >= 0.3 is 0 Å². The van der Waals surface area contributed by atoms with E-state index in [4.69, 9.17) is 16.3 Å². The predicted octanol–water partition coefficient (Wildman–Crippen LogP) is 4.06. The molecular weight excluding hydrogens is 248 g/mol. The second-order valence-electron chi connectivity index (χ2n) is 4.48. The third-order valence-electron chi connectivity index (χ3n) is 3.00. The molecule has 96 valence electrons. The Labute approximate surface area is 112 Å². The molecule has 0 bridgehead atoms. The van der Waals surface area contributed by atoms with E-state index in [-0.39, 0.29) is 0 Å². The van der Waals surface area contributed by atoms with E-state index >= 15 is 0 Å². The van der Waals surface area contributed by atoms with Gasteiger partial charge in [0, 0.05) is 12.4 Å². The zero-order valence-corrected chi connectivity index (χ0v) is 11.8. The summed E-state index contributed by atoms with van der Waals surface area (Å²) in [5.74, 6) is 2.05. The number of anilines is 1. The number of nitrogens with one attached hydrogen (secondary N) is 1. The van der Waals surface area contributed by atoms with Crippen LogP contribution in [0.15, 0.2) is 18.2 Å². The van der Waals surface area contributed by atoms with Gasteiger partial charge in [0.2, 0.25) is 0 Å². The minimum atomic E-state index is 0.382. The Hall–Kier alpha value is -1.48. The van der Waals surface area contributed by atoms with Crippen LogP contribution >= 0.6 is 11.6 Å². The van der Waals surface area contributed by atoms with Gasteiger partial charge in [-0.2, -0.15) is 0 Å². The van der Waals surface area contributed by atoms with E-state index in [1.807, 2.05) is 19.2 Å². The molecule has 4 heteroatoms. The van der Waals surface area contributed by atoms with Crippen LogP contribution in [0.5, 0.6) is 5.75 Å². The summed E-state index contributed by atoms with van der Waals surface area (Å²) in [6.45, 7) is 4.28. The van der Waals surface area contributed by atoms with Crippen LogP contribution in [0.4, 0.5) is 5.82 Å². The smallest absolute Gasteiger partial charge is 0.129 e. The van der Waals surface area contributed by atoms with Crippen LogP contribution in [0.25, 0.3) is 10.9 Å². The molecule has 2 aromatic rings. The first kappa shape index (κ1) is 13.0. The third kappa shape index (κ3) is 2.10. The Balaban J connectivity index is 2.82. The quantitative estimate of drug-likeness (QED) is 0.908. The van der Waals surface area contributed by atoms with Crippen LogP contribution in [-0.2, 0) is 0 Å². The highest BCUT2D eigenvalue weighted by atomic mass is 35.5. The maximum absolute atomic E-state index is 6.20. The molecule has 0 radical (unpaired) electrons. The first-order valence-electron chi connectivity index (χ1n) is 5.93. The molecule has 2 rings (SSSR count). The second kappa shape index (κ2) is 5.02. The molecule has 1 aromatic carbocycles. The largest absolute Gasteiger partial charge is 0.496 e. The monoisotopic (exact) mass is 264 g/mol. The van der Waals surface area contributed by atoms with Crippen LogP contribution < -0.4 is 10.1 Å². The number of fused-ring (bicyclic) bond motifs is 1. The lowest BCUT2D eigenvalue weighted by Gasteiger charge is -2.15. The van der Waals surface area contributed by atoms with Gasteiger partial charge in [-0.25, -0.2) is 4.98 Å². The fraction of sp³-hybridized carbons (Fsp3) is 0.357. The highest BCUT2D eigenvalue weighted by molar-refractivity contribution is 6.35. The third-order valence-corrected chi connectivity index (χ3v) is 3.31. The zero-order valence-electron chi connectivity index (χ0n) is 11.0. The molecule has 0 amide bonds. The van der Waals surface area contributed by atoms with E-state index in [1.165, 1.54) is 0 Å². The van der Waals surface area contributed by atoms with Gasteiger partial charge in [0.25, 0.3) is 0 Å². The van der Waals surface area contributed by atoms with Crippen molar-refractivity contribution in [3.8, 4) is 5.75 Å². The summed E-state index contributed by atoms with van der Waals surface area (Å²) in [7, 11) is 3.53. The van der Waals surface area contributed by atoms with Crippen molar-refractivity contribution in [2.24, 2.45) is 0 Å². The van der Waals surface area contributed by atoms with Crippen LogP contribution in [0, 0.1) is 0 Å². The summed E-state index contributed by atoms with van der Waals surface area (Å²) in [4.78, 5) is 4.60. The van der Waals surface area contributed by atoms with Crippen molar-refractivity contribution in [3.05, 3.63) is 28.8 Å². The molecule has 1 N–H and O–H groups in total. The number of aromatic nitrogens is 1. The lowest BCUT2D eigenvalue weighted by atomic mass is 10.0. The van der Waals surface area contributed by atoms with Crippen molar-refractivity contribution in [1.29, 1.82) is 0 Å². The van der Waals surface area contributed by atoms with E-state index in [1.54, 1.807) is 7.11 Å². The molecule has 0 spiro atoms. The molecule has 18 heavy (non-hydrogen) atoms. The van der Waals surface area contributed by atoms with E-state index < -0.39 is 0 Å². The van der Waals surface area contributed by atoms with E-state index in [0.717, 1.165) is 28.0 Å². The normalized spacial score (nSPS) is 11.0. The fourth-order valence-electron chi connectivity index (χ4n) is 2.03. The van der Waals surface area contributed by atoms with Crippen LogP contribution in [0.1, 0.15) is 25.3 Å².